The van der Waals surface area contributed by atoms with Gasteiger partial charge in [-0.05, 0) is 35.6 Å². The molecule has 3 N–H and O–H groups in total. The molecule has 0 radical (unpaired) electrons. The van der Waals surface area contributed by atoms with Gasteiger partial charge in [0, 0.05) is 12.7 Å². The minimum Gasteiger partial charge on any atom is -0.347 e. The Bertz CT molecular complexity index is 820. The second-order valence-corrected chi connectivity index (χ2v) is 6.78. The number of hydrogen-bond donors (Lipinski definition) is 2. The van der Waals surface area contributed by atoms with Gasteiger partial charge in [-0.2, -0.15) is 0 Å². The Hall–Kier alpha value is -1.82. The lowest BCUT2D eigenvalue weighted by atomic mass is 10.1. The van der Waals surface area contributed by atoms with Crippen LogP contribution in [0.4, 0.5) is 0 Å². The van der Waals surface area contributed by atoms with Gasteiger partial charge in [0.2, 0.25) is 0 Å². The third-order valence-corrected chi connectivity index (χ3v) is 4.43. The Labute approximate surface area is 165 Å². The van der Waals surface area contributed by atoms with Crippen LogP contribution in [-0.2, 0) is 13.0 Å². The first-order chi connectivity index (χ1) is 11.5. The van der Waals surface area contributed by atoms with Crippen molar-refractivity contribution >= 4 is 30.7 Å². The Balaban J connectivity index is 0.00000169. The summed E-state index contributed by atoms with van der Waals surface area (Å²) < 4.78 is 1.59. The molecule has 0 fully saturated rings. The number of carbonyl (C=O) groups is 1. The molecule has 1 amide bonds. The summed E-state index contributed by atoms with van der Waals surface area (Å²) in [6, 6.07) is 10.8. The molecule has 7 heteroatoms. The van der Waals surface area contributed by atoms with E-state index >= 15 is 0 Å². The van der Waals surface area contributed by atoms with E-state index in [2.05, 4.69) is 5.32 Å². The summed E-state index contributed by atoms with van der Waals surface area (Å²) in [6.45, 7) is 4.66. The number of benzene rings is 1. The number of fused-ring (bicyclic) bond motifs is 1. The van der Waals surface area contributed by atoms with Gasteiger partial charge in [-0.1, -0.05) is 38.1 Å². The molecule has 1 aromatic carbocycles. The van der Waals surface area contributed by atoms with Crippen molar-refractivity contribution in [1.82, 2.24) is 9.88 Å². The molecule has 1 aliphatic carbocycles. The minimum absolute atomic E-state index is 0. The molecule has 1 aliphatic rings. The largest absolute Gasteiger partial charge is 0.347 e. The summed E-state index contributed by atoms with van der Waals surface area (Å²) in [7, 11) is 0. The zero-order valence-electron chi connectivity index (χ0n) is 14.8. The van der Waals surface area contributed by atoms with E-state index in [1.165, 1.54) is 0 Å². The van der Waals surface area contributed by atoms with Gasteiger partial charge in [-0.15, -0.1) is 24.8 Å². The second kappa shape index (κ2) is 9.21. The van der Waals surface area contributed by atoms with Crippen molar-refractivity contribution < 1.29 is 4.79 Å². The normalized spacial score (nSPS) is 17.8. The quantitative estimate of drug-likeness (QED) is 0.832. The first-order valence-electron chi connectivity index (χ1n) is 8.31. The van der Waals surface area contributed by atoms with Crippen LogP contribution in [-0.4, -0.2) is 16.5 Å². The molecular formula is C19H25Cl2N3O2. The van der Waals surface area contributed by atoms with E-state index in [-0.39, 0.29) is 53.9 Å². The van der Waals surface area contributed by atoms with Crippen LogP contribution in [0.25, 0.3) is 0 Å². The number of carbonyl (C=O) groups excluding carboxylic acids is 1. The fraction of sp³-hybridized carbons (Fsp3) is 0.368. The van der Waals surface area contributed by atoms with Crippen LogP contribution in [0.5, 0.6) is 0 Å². The third-order valence-electron chi connectivity index (χ3n) is 4.43. The predicted molar refractivity (Wildman–Crippen MR) is 108 cm³/mol. The van der Waals surface area contributed by atoms with E-state index < -0.39 is 0 Å². The van der Waals surface area contributed by atoms with Crippen LogP contribution in [0, 0.1) is 5.92 Å². The van der Waals surface area contributed by atoms with E-state index in [0.717, 1.165) is 11.1 Å². The fourth-order valence-electron chi connectivity index (χ4n) is 3.26. The van der Waals surface area contributed by atoms with Crippen molar-refractivity contribution in [1.29, 1.82) is 0 Å². The topological polar surface area (TPSA) is 77.1 Å². The van der Waals surface area contributed by atoms with Gasteiger partial charge in [0.25, 0.3) is 11.5 Å². The number of rotatable bonds is 4. The number of amides is 1. The Morgan fingerprint density at radius 2 is 1.92 bits per heavy atom. The van der Waals surface area contributed by atoms with Gasteiger partial charge >= 0.3 is 0 Å². The zero-order valence-corrected chi connectivity index (χ0v) is 16.5. The third kappa shape index (κ3) is 4.47. The Kier molecular flexibility index (Phi) is 7.87. The summed E-state index contributed by atoms with van der Waals surface area (Å²) in [5.41, 5.74) is 8.38. The van der Waals surface area contributed by atoms with Crippen LogP contribution in [0.3, 0.4) is 0 Å². The summed E-state index contributed by atoms with van der Waals surface area (Å²) in [5.74, 6) is -0.0230. The lowest BCUT2D eigenvalue weighted by Gasteiger charge is -2.18. The highest BCUT2D eigenvalue weighted by Crippen LogP contribution is 2.29. The maximum atomic E-state index is 12.6. The maximum absolute atomic E-state index is 12.6. The lowest BCUT2D eigenvalue weighted by Crippen LogP contribution is -2.43. The first kappa shape index (κ1) is 22.2. The molecular weight excluding hydrogens is 373 g/mol. The molecule has 3 rings (SSSR count). The number of nitrogens with zero attached hydrogens (tertiary/aromatic N) is 1. The van der Waals surface area contributed by atoms with Crippen LogP contribution in [0.2, 0.25) is 0 Å². The van der Waals surface area contributed by atoms with E-state index in [1.54, 1.807) is 22.9 Å². The molecule has 0 aliphatic heterocycles. The average Bonchev–Trinajstić information content (AvgIpc) is 2.85. The highest BCUT2D eigenvalue weighted by atomic mass is 35.5. The smallest absolute Gasteiger partial charge is 0.263 e. The summed E-state index contributed by atoms with van der Waals surface area (Å²) in [4.78, 5) is 25.1. The molecule has 0 bridgehead atoms. The lowest BCUT2D eigenvalue weighted by molar-refractivity contribution is 0.0931. The van der Waals surface area contributed by atoms with Gasteiger partial charge in [0.1, 0.15) is 5.56 Å². The van der Waals surface area contributed by atoms with Crippen LogP contribution in [0.1, 0.15) is 41.4 Å². The molecule has 0 saturated carbocycles. The fourth-order valence-corrected chi connectivity index (χ4v) is 3.26. The van der Waals surface area contributed by atoms with E-state index in [9.17, 15) is 9.59 Å². The minimum atomic E-state index is -0.355. The monoisotopic (exact) mass is 397 g/mol. The molecule has 5 nitrogen and oxygen atoms in total. The van der Waals surface area contributed by atoms with Crippen molar-refractivity contribution in [3.8, 4) is 0 Å². The van der Waals surface area contributed by atoms with Crippen molar-refractivity contribution in [3.05, 3.63) is 69.6 Å². The highest BCUT2D eigenvalue weighted by Gasteiger charge is 2.31. The SMILES string of the molecule is CC(C)Cn1cccc(C(=O)N[C@@H]2Cc3ccccc3[C@H]2N)c1=O.Cl.Cl. The van der Waals surface area contributed by atoms with E-state index in [1.807, 2.05) is 38.1 Å². The summed E-state index contributed by atoms with van der Waals surface area (Å²) >= 11 is 0. The van der Waals surface area contributed by atoms with Crippen molar-refractivity contribution in [2.75, 3.05) is 0 Å². The van der Waals surface area contributed by atoms with Crippen molar-refractivity contribution in [2.24, 2.45) is 11.7 Å². The van der Waals surface area contributed by atoms with Gasteiger partial charge in [-0.3, -0.25) is 9.59 Å². The number of halogens is 2. The molecule has 0 saturated heterocycles. The molecule has 1 aromatic heterocycles. The van der Waals surface area contributed by atoms with E-state index in [0.29, 0.717) is 18.9 Å². The first-order valence-corrected chi connectivity index (χ1v) is 8.31. The highest BCUT2D eigenvalue weighted by molar-refractivity contribution is 5.94. The van der Waals surface area contributed by atoms with Crippen LogP contribution < -0.4 is 16.6 Å². The molecule has 1 heterocycles. The molecule has 142 valence electrons. The molecule has 2 aromatic rings. The Morgan fingerprint density at radius 1 is 1.23 bits per heavy atom. The van der Waals surface area contributed by atoms with E-state index in [4.69, 9.17) is 5.73 Å². The summed E-state index contributed by atoms with van der Waals surface area (Å²) in [5, 5.41) is 2.94. The van der Waals surface area contributed by atoms with Crippen molar-refractivity contribution in [3.63, 3.8) is 0 Å². The average molecular weight is 398 g/mol. The molecule has 0 unspecified atom stereocenters. The standard InChI is InChI=1S/C19H23N3O2.2ClH/c1-12(2)11-22-9-5-8-15(19(22)24)18(23)21-16-10-13-6-3-4-7-14(13)17(16)20;;/h3-9,12,16-17H,10-11,20H2,1-2H3,(H,21,23);2*1H/t16-,17-;;/m1../s1. The maximum Gasteiger partial charge on any atom is 0.263 e. The zero-order chi connectivity index (χ0) is 17.3. The number of aromatic nitrogens is 1. The van der Waals surface area contributed by atoms with Crippen LogP contribution >= 0.6 is 24.8 Å². The van der Waals surface area contributed by atoms with Crippen LogP contribution in [0.15, 0.2) is 47.4 Å². The van der Waals surface area contributed by atoms with Crippen molar-refractivity contribution in [2.45, 2.75) is 38.9 Å². The number of pyridine rings is 1. The van der Waals surface area contributed by atoms with Gasteiger partial charge in [-0.25, -0.2) is 0 Å². The summed E-state index contributed by atoms with van der Waals surface area (Å²) in [6.07, 6.45) is 2.41. The predicted octanol–water partition coefficient (Wildman–Crippen LogP) is 2.70. The second-order valence-electron chi connectivity index (χ2n) is 6.78. The van der Waals surface area contributed by atoms with Gasteiger partial charge < -0.3 is 15.6 Å². The van der Waals surface area contributed by atoms with Gasteiger partial charge in [0.15, 0.2) is 0 Å². The van der Waals surface area contributed by atoms with Gasteiger partial charge in [0.05, 0.1) is 12.1 Å². The number of nitrogens with two attached hydrogens (primary N) is 1. The molecule has 0 spiro atoms. The number of hydrogen-bond acceptors (Lipinski definition) is 3. The Morgan fingerprint density at radius 3 is 2.58 bits per heavy atom. The number of nitrogens with one attached hydrogen (secondary N) is 1. The molecule has 2 atom stereocenters. The molecule has 26 heavy (non-hydrogen) atoms.